The first kappa shape index (κ1) is 893. The molecule has 0 fully saturated rings. The molecule has 0 atom stereocenters. The minimum absolute atomic E-state index is 0. The van der Waals surface area contributed by atoms with Crippen LogP contribution in [0, 0.1) is 0 Å². The molecule has 0 aromatic heterocycles. The summed E-state index contributed by atoms with van der Waals surface area (Å²) in [6.07, 6.45) is 0. The molecule has 0 unspecified atom stereocenters. The molecule has 0 aromatic carbocycles. The maximum absolute atomic E-state index is 0. The fraction of sp³-hybridized carbons (Fsp3) is 0. The fourth-order valence-electron chi connectivity index (χ4n) is 0. The zero-order chi connectivity index (χ0) is 0. The van der Waals surface area contributed by atoms with E-state index < -0.39 is 0 Å². The van der Waals surface area contributed by atoms with Crippen molar-refractivity contribution in [1.82, 2.24) is 0 Å². The van der Waals surface area contributed by atoms with E-state index in [4.69, 9.17) is 0 Å². The van der Waals surface area contributed by atoms with Crippen LogP contribution in [0.4, 0.5) is 0 Å². The molecule has 0 saturated heterocycles. The van der Waals surface area contributed by atoms with Gasteiger partial charge in [-0.2, -0.15) is 0 Å². The molecule has 18 heteroatoms. The Morgan fingerprint density at radius 1 is 0.278 bits per heavy atom. The summed E-state index contributed by atoms with van der Waals surface area (Å²) in [7, 11) is 0. The summed E-state index contributed by atoms with van der Waals surface area (Å²) in [5.74, 6) is 0. The van der Waals surface area contributed by atoms with Crippen LogP contribution in [0.25, 0.3) is 0 Å². The third kappa shape index (κ3) is 656. The Bertz CT molecular complexity index is 28.0. The van der Waals surface area contributed by atoms with E-state index in [2.05, 4.69) is 0 Å². The van der Waals surface area contributed by atoms with Crippen molar-refractivity contribution in [1.29, 1.82) is 0 Å². The molecule has 0 radical (unpaired) electrons. The van der Waals surface area contributed by atoms with E-state index in [0.29, 0.717) is 0 Å². The second-order valence-corrected chi connectivity index (χ2v) is 0. The van der Waals surface area contributed by atoms with Crippen molar-refractivity contribution in [2.75, 3.05) is 0 Å². The third-order valence-corrected chi connectivity index (χ3v) is 0. The van der Waals surface area contributed by atoms with E-state index in [-0.39, 0.29) is 185 Å². The molecule has 0 saturated carbocycles. The predicted octanol–water partition coefficient (Wildman–Crippen LogP) is -22.6. The minimum atomic E-state index is 0. The van der Waals surface area contributed by atoms with Crippen LogP contribution in [0.5, 0.6) is 0 Å². The van der Waals surface area contributed by atoms with Crippen molar-refractivity contribution in [2.24, 2.45) is 0 Å². The van der Waals surface area contributed by atoms with Gasteiger partial charge in [0.2, 0.25) is 0 Å². The van der Waals surface area contributed by atoms with Crippen molar-refractivity contribution >= 4 is 60.8 Å². The van der Waals surface area contributed by atoms with Crippen LogP contribution in [-0.4, -0.2) is 127 Å². The number of hydrogen-bond acceptors (Lipinski definition) is 0. The monoisotopic (exact) mass is 508 g/mol. The zero-order valence-corrected chi connectivity index (χ0v) is 17.2. The first-order chi connectivity index (χ1) is 0. The molecule has 0 aromatic rings. The maximum atomic E-state index is 0. The molecule has 128 valence electrons. The Kier molecular flexibility index (Phi) is 38100. The van der Waals surface area contributed by atoms with Gasteiger partial charge in [-0.15, -0.1) is 0 Å². The molecule has 12 nitrogen and oxygen atoms in total. The second-order valence-electron chi connectivity index (χ2n) is 0. The van der Waals surface area contributed by atoms with Crippen molar-refractivity contribution in [3.63, 3.8) is 0 Å². The Balaban J connectivity index is 0. The van der Waals surface area contributed by atoms with Crippen LogP contribution in [0.2, 0.25) is 0 Å². The summed E-state index contributed by atoms with van der Waals surface area (Å²) in [4.78, 5) is 0. The van der Waals surface area contributed by atoms with Crippen LogP contribution in [0.15, 0.2) is 0 Å². The smallest absolute Gasteiger partial charge is 1.00 e. The van der Waals surface area contributed by atoms with Gasteiger partial charge in [0, 0.05) is 0 Å². The first-order valence-electron chi connectivity index (χ1n) is 0. The first-order valence-corrected chi connectivity index (χ1v) is 0. The SMILES string of the molecule is O.O.O.O.O.O.O.O.O.O.O.O.[Br-].[Br-].[Ca+2].[Cl-].[Cl-].[Mg+2]. The number of rotatable bonds is 0. The van der Waals surface area contributed by atoms with Gasteiger partial charge in [0.25, 0.3) is 0 Å². The molecular formula is H24Br2CaCl2MgO12. The molecule has 0 spiro atoms. The van der Waals surface area contributed by atoms with Gasteiger partial charge in [0.1, 0.15) is 0 Å². The molecule has 0 rings (SSSR count). The quantitative estimate of drug-likeness (QED) is 0.273. The molecule has 0 heterocycles. The van der Waals surface area contributed by atoms with E-state index in [1.807, 2.05) is 0 Å². The summed E-state index contributed by atoms with van der Waals surface area (Å²) >= 11 is 0. The van der Waals surface area contributed by atoms with Crippen LogP contribution in [-0.2, 0) is 0 Å². The van der Waals surface area contributed by atoms with Gasteiger partial charge in [0.05, 0.1) is 0 Å². The van der Waals surface area contributed by atoms with Gasteiger partial charge in [-0.1, -0.05) is 0 Å². The summed E-state index contributed by atoms with van der Waals surface area (Å²) < 4.78 is 0. The van der Waals surface area contributed by atoms with Crippen molar-refractivity contribution in [2.45, 2.75) is 0 Å². The van der Waals surface area contributed by atoms with Crippen LogP contribution in [0.3, 0.4) is 0 Å². The van der Waals surface area contributed by atoms with Gasteiger partial charge in [0.15, 0.2) is 0 Å². The molecule has 0 aliphatic rings. The molecule has 18 heavy (non-hydrogen) atoms. The van der Waals surface area contributed by atoms with E-state index in [1.165, 1.54) is 0 Å². The molecule has 24 N–H and O–H groups in total. The van der Waals surface area contributed by atoms with Gasteiger partial charge in [-0.3, -0.25) is 0 Å². The van der Waals surface area contributed by atoms with E-state index in [0.717, 1.165) is 0 Å². The summed E-state index contributed by atoms with van der Waals surface area (Å²) in [6.45, 7) is 0. The summed E-state index contributed by atoms with van der Waals surface area (Å²) in [5, 5.41) is 0. The Labute approximate surface area is 183 Å². The molecular weight excluding hydrogens is 487 g/mol. The normalized spacial score (nSPS) is 0. The second kappa shape index (κ2) is 768. The summed E-state index contributed by atoms with van der Waals surface area (Å²) in [5.41, 5.74) is 0. The van der Waals surface area contributed by atoms with E-state index in [9.17, 15) is 0 Å². The Morgan fingerprint density at radius 2 is 0.278 bits per heavy atom. The standard InChI is InChI=1S/2BrH.Ca.2ClH.Mg.12H2O/h2*1H;;2*1H;;12*1H2/q;;+2;;;+2;;;;;;;;;;;;/p-4. The fourth-order valence-corrected chi connectivity index (χ4v) is 0. The average molecular weight is 511 g/mol. The number of halogens is 4. The number of hydrogen-bond donors (Lipinski definition) is 0. The van der Waals surface area contributed by atoms with Crippen LogP contribution < -0.4 is 58.8 Å². The average Bonchev–Trinajstić information content (AvgIpc) is 0. The van der Waals surface area contributed by atoms with Crippen molar-refractivity contribution in [3.05, 3.63) is 0 Å². The van der Waals surface area contributed by atoms with E-state index in [1.54, 1.807) is 0 Å². The Morgan fingerprint density at radius 3 is 0.278 bits per heavy atom. The largest absolute Gasteiger partial charge is 2.00 e. The van der Waals surface area contributed by atoms with Crippen molar-refractivity contribution in [3.8, 4) is 0 Å². The third-order valence-electron chi connectivity index (χ3n) is 0. The van der Waals surface area contributed by atoms with Crippen molar-refractivity contribution < 1.29 is 124 Å². The van der Waals surface area contributed by atoms with Gasteiger partial charge < -0.3 is 124 Å². The van der Waals surface area contributed by atoms with Crippen LogP contribution in [0.1, 0.15) is 0 Å². The molecule has 0 aliphatic carbocycles. The topological polar surface area (TPSA) is 378 Å². The van der Waals surface area contributed by atoms with Gasteiger partial charge in [-0.25, -0.2) is 0 Å². The van der Waals surface area contributed by atoms with Gasteiger partial charge in [-0.05, 0) is 0 Å². The minimum Gasteiger partial charge on any atom is -1.00 e. The predicted molar refractivity (Wildman–Crippen MR) is 54.9 cm³/mol. The molecule has 0 aliphatic heterocycles. The zero-order valence-electron chi connectivity index (χ0n) is 8.93. The van der Waals surface area contributed by atoms with E-state index >= 15 is 0 Å². The maximum Gasteiger partial charge on any atom is 2.00 e. The van der Waals surface area contributed by atoms with Crippen LogP contribution >= 0.6 is 0 Å². The Hall–Kier alpha value is 3.09. The molecule has 0 amide bonds. The summed E-state index contributed by atoms with van der Waals surface area (Å²) in [6, 6.07) is 0. The molecule has 0 bridgehead atoms. The van der Waals surface area contributed by atoms with Gasteiger partial charge >= 0.3 is 60.8 Å².